The Kier molecular flexibility index (Phi) is 4.45. The number of nitrogens with zero attached hydrogens (tertiary/aromatic N) is 4. The number of thiophene rings is 1. The summed E-state index contributed by atoms with van der Waals surface area (Å²) in [6.45, 7) is 0. The highest BCUT2D eigenvalue weighted by atomic mass is 32.2. The molecule has 2 amide bonds. The average Bonchev–Trinajstić information content (AvgIpc) is 3.20. The van der Waals surface area contributed by atoms with Gasteiger partial charge in [-0.25, -0.2) is 4.98 Å². The fourth-order valence-corrected chi connectivity index (χ4v) is 4.45. The molecule has 2 aromatic heterocycles. The van der Waals surface area contributed by atoms with Gasteiger partial charge in [-0.05, 0) is 11.4 Å². The van der Waals surface area contributed by atoms with Crippen molar-refractivity contribution in [1.82, 2.24) is 9.88 Å². The molecule has 0 radical (unpaired) electrons. The van der Waals surface area contributed by atoms with Crippen molar-refractivity contribution in [3.63, 3.8) is 0 Å². The van der Waals surface area contributed by atoms with Gasteiger partial charge in [0.2, 0.25) is 11.8 Å². The number of carbonyl (C=O) groups excluding carboxylic acids is 2. The van der Waals surface area contributed by atoms with Crippen LogP contribution in [0.15, 0.2) is 22.5 Å². The van der Waals surface area contributed by atoms with E-state index in [0.29, 0.717) is 5.56 Å². The van der Waals surface area contributed by atoms with Crippen LogP contribution in [0.3, 0.4) is 0 Å². The van der Waals surface area contributed by atoms with Crippen molar-refractivity contribution in [3.8, 4) is 22.6 Å². The van der Waals surface area contributed by atoms with Gasteiger partial charge in [0.1, 0.15) is 28.5 Å². The number of carbonyl (C=O) groups is 2. The standard InChI is InChI=1S/C16H11N5O2S2/c1-21-12(22)5-11(16(21)23)25-15-9(7-18)13(10-3-2-4-24-10)8(6-17)14(19)20-15/h2-4,11H,5H2,1H3,(H2,19,20). The number of rotatable bonds is 3. The molecule has 2 N–H and O–H groups in total. The lowest BCUT2D eigenvalue weighted by Crippen LogP contribution is -2.26. The summed E-state index contributed by atoms with van der Waals surface area (Å²) in [6.07, 6.45) is 0.0425. The van der Waals surface area contributed by atoms with E-state index in [1.165, 1.54) is 18.4 Å². The van der Waals surface area contributed by atoms with E-state index in [2.05, 4.69) is 11.1 Å². The summed E-state index contributed by atoms with van der Waals surface area (Å²) >= 11 is 2.40. The minimum atomic E-state index is -0.652. The average molecular weight is 369 g/mol. The lowest BCUT2D eigenvalue weighted by atomic mass is 10.0. The zero-order chi connectivity index (χ0) is 18.1. The van der Waals surface area contributed by atoms with Crippen LogP contribution in [0.1, 0.15) is 17.5 Å². The molecule has 2 aromatic rings. The normalized spacial score (nSPS) is 16.8. The maximum atomic E-state index is 12.1. The number of amides is 2. The Hall–Kier alpha value is -2.88. The molecule has 0 aliphatic carbocycles. The van der Waals surface area contributed by atoms with E-state index < -0.39 is 5.25 Å². The van der Waals surface area contributed by atoms with Crippen LogP contribution in [0.25, 0.3) is 10.4 Å². The molecule has 9 heteroatoms. The Morgan fingerprint density at radius 2 is 2.08 bits per heavy atom. The summed E-state index contributed by atoms with van der Waals surface area (Å²) in [5.41, 5.74) is 6.65. The van der Waals surface area contributed by atoms with E-state index in [4.69, 9.17) is 5.73 Å². The number of nitrogen functional groups attached to an aromatic ring is 1. The smallest absolute Gasteiger partial charge is 0.242 e. The molecule has 1 aliphatic rings. The molecule has 3 heterocycles. The number of thioether (sulfide) groups is 1. The maximum absolute atomic E-state index is 12.1. The van der Waals surface area contributed by atoms with E-state index in [0.717, 1.165) is 21.5 Å². The fraction of sp³-hybridized carbons (Fsp3) is 0.188. The van der Waals surface area contributed by atoms with Crippen molar-refractivity contribution in [2.45, 2.75) is 16.7 Å². The number of anilines is 1. The summed E-state index contributed by atoms with van der Waals surface area (Å²) < 4.78 is 0. The van der Waals surface area contributed by atoms with Gasteiger partial charge in [0.15, 0.2) is 0 Å². The van der Waals surface area contributed by atoms with Crippen molar-refractivity contribution in [3.05, 3.63) is 28.6 Å². The molecule has 25 heavy (non-hydrogen) atoms. The number of nitriles is 2. The monoisotopic (exact) mass is 369 g/mol. The van der Waals surface area contributed by atoms with Crippen molar-refractivity contribution in [1.29, 1.82) is 10.5 Å². The molecule has 1 saturated heterocycles. The Morgan fingerprint density at radius 3 is 2.60 bits per heavy atom. The second-order valence-electron chi connectivity index (χ2n) is 5.23. The Balaban J connectivity index is 2.13. The van der Waals surface area contributed by atoms with Gasteiger partial charge in [-0.1, -0.05) is 17.8 Å². The van der Waals surface area contributed by atoms with Crippen LogP contribution in [0.4, 0.5) is 5.82 Å². The van der Waals surface area contributed by atoms with E-state index in [1.807, 2.05) is 11.4 Å². The molecular weight excluding hydrogens is 358 g/mol. The number of likely N-dealkylation sites (tertiary alicyclic amines) is 1. The quantitative estimate of drug-likeness (QED) is 0.820. The predicted molar refractivity (Wildman–Crippen MR) is 93.4 cm³/mol. The van der Waals surface area contributed by atoms with Crippen LogP contribution >= 0.6 is 23.1 Å². The highest BCUT2D eigenvalue weighted by molar-refractivity contribution is 8.00. The molecule has 124 valence electrons. The summed E-state index contributed by atoms with van der Waals surface area (Å²) in [5.74, 6) is -0.611. The van der Waals surface area contributed by atoms with Gasteiger partial charge in [-0.2, -0.15) is 10.5 Å². The van der Waals surface area contributed by atoms with Crippen molar-refractivity contribution < 1.29 is 9.59 Å². The molecule has 0 saturated carbocycles. The Labute approximate surface area is 151 Å². The number of pyridine rings is 1. The Bertz CT molecular complexity index is 956. The molecule has 0 aromatic carbocycles. The lowest BCUT2D eigenvalue weighted by Gasteiger charge is -2.13. The number of hydrogen-bond acceptors (Lipinski definition) is 8. The van der Waals surface area contributed by atoms with Gasteiger partial charge < -0.3 is 5.73 Å². The molecular formula is C16H11N5O2S2. The second kappa shape index (κ2) is 6.55. The largest absolute Gasteiger partial charge is 0.383 e. The van der Waals surface area contributed by atoms with Gasteiger partial charge in [-0.15, -0.1) is 11.3 Å². The third-order valence-corrected chi connectivity index (χ3v) is 5.84. The van der Waals surface area contributed by atoms with Crippen molar-refractivity contribution >= 4 is 40.7 Å². The zero-order valence-electron chi connectivity index (χ0n) is 13.0. The SMILES string of the molecule is CN1C(=O)CC(Sc2nc(N)c(C#N)c(-c3cccs3)c2C#N)C1=O. The minimum Gasteiger partial charge on any atom is -0.383 e. The minimum absolute atomic E-state index is 0.00229. The van der Waals surface area contributed by atoms with E-state index in [9.17, 15) is 20.1 Å². The first-order valence-electron chi connectivity index (χ1n) is 7.12. The van der Waals surface area contributed by atoms with E-state index in [-0.39, 0.29) is 40.2 Å². The topological polar surface area (TPSA) is 124 Å². The summed E-state index contributed by atoms with van der Waals surface area (Å²) in [4.78, 5) is 29.8. The maximum Gasteiger partial charge on any atom is 0.242 e. The molecule has 0 bridgehead atoms. The van der Waals surface area contributed by atoms with Crippen LogP contribution in [0.2, 0.25) is 0 Å². The van der Waals surface area contributed by atoms with Crippen molar-refractivity contribution in [2.24, 2.45) is 0 Å². The molecule has 7 nitrogen and oxygen atoms in total. The molecule has 1 fully saturated rings. The molecule has 0 spiro atoms. The van der Waals surface area contributed by atoms with E-state index in [1.54, 1.807) is 12.1 Å². The van der Waals surface area contributed by atoms with Gasteiger partial charge in [0.05, 0.1) is 10.8 Å². The summed E-state index contributed by atoms with van der Waals surface area (Å²) in [5, 5.41) is 20.5. The van der Waals surface area contributed by atoms with Gasteiger partial charge in [-0.3, -0.25) is 14.5 Å². The van der Waals surface area contributed by atoms with Crippen LogP contribution in [0.5, 0.6) is 0 Å². The number of imide groups is 1. The predicted octanol–water partition coefficient (Wildman–Crippen LogP) is 1.99. The molecule has 1 atom stereocenters. The third-order valence-electron chi connectivity index (χ3n) is 3.78. The lowest BCUT2D eigenvalue weighted by molar-refractivity contribution is -0.136. The first-order valence-corrected chi connectivity index (χ1v) is 8.88. The highest BCUT2D eigenvalue weighted by Gasteiger charge is 2.38. The second-order valence-corrected chi connectivity index (χ2v) is 7.37. The van der Waals surface area contributed by atoms with Crippen LogP contribution < -0.4 is 5.73 Å². The van der Waals surface area contributed by atoms with E-state index >= 15 is 0 Å². The molecule has 1 unspecified atom stereocenters. The van der Waals surface area contributed by atoms with Gasteiger partial charge in [0, 0.05) is 23.9 Å². The molecule has 3 rings (SSSR count). The Morgan fingerprint density at radius 1 is 1.36 bits per heavy atom. The van der Waals surface area contributed by atoms with Crippen molar-refractivity contribution in [2.75, 3.05) is 12.8 Å². The summed E-state index contributed by atoms with van der Waals surface area (Å²) in [7, 11) is 1.42. The number of aromatic nitrogens is 1. The van der Waals surface area contributed by atoms with Crippen LogP contribution in [0, 0.1) is 22.7 Å². The number of nitrogens with two attached hydrogens (primary N) is 1. The highest BCUT2D eigenvalue weighted by Crippen LogP contribution is 2.40. The zero-order valence-corrected chi connectivity index (χ0v) is 14.6. The van der Waals surface area contributed by atoms with Gasteiger partial charge in [0.25, 0.3) is 0 Å². The first-order chi connectivity index (χ1) is 12.0. The fourth-order valence-electron chi connectivity index (χ4n) is 2.50. The number of hydrogen-bond donors (Lipinski definition) is 1. The van der Waals surface area contributed by atoms with Gasteiger partial charge >= 0.3 is 0 Å². The van der Waals surface area contributed by atoms with Crippen LogP contribution in [-0.2, 0) is 9.59 Å². The molecule has 1 aliphatic heterocycles. The van der Waals surface area contributed by atoms with Crippen LogP contribution in [-0.4, -0.2) is 34.0 Å². The third kappa shape index (κ3) is 2.84. The summed E-state index contributed by atoms with van der Waals surface area (Å²) in [6, 6.07) is 7.66. The first kappa shape index (κ1) is 17.0.